The first kappa shape index (κ1) is 19.1. The molecule has 1 aliphatic rings. The van der Waals surface area contributed by atoms with Crippen LogP contribution in [0.5, 0.6) is 0 Å². The van der Waals surface area contributed by atoms with E-state index in [-0.39, 0.29) is 6.04 Å². The van der Waals surface area contributed by atoms with Gasteiger partial charge in [0.25, 0.3) is 0 Å². The van der Waals surface area contributed by atoms with Gasteiger partial charge in [-0.1, -0.05) is 78.9 Å². The fraction of sp³-hybridized carbons (Fsp3) is 0.217. The zero-order chi connectivity index (χ0) is 19.7. The summed E-state index contributed by atoms with van der Waals surface area (Å²) in [6.45, 7) is 1.92. The molecule has 3 aromatic carbocycles. The molecule has 1 aliphatic heterocycles. The van der Waals surface area contributed by atoms with Crippen LogP contribution in [0.25, 0.3) is 11.1 Å². The Morgan fingerprint density at radius 3 is 2.21 bits per heavy atom. The van der Waals surface area contributed by atoms with E-state index in [1.165, 1.54) is 0 Å². The standard InChI is InChI=1S/C23H23FNO2P/c1-17-22(19-12-7-4-8-13-19)27-28(26,25(17)2)23(24)21-15-9-14-20(16-21)18-10-5-3-6-11-18/h3-17,22-23H,1-2H3/t17-,22-,23-,28-/m0/s1. The molecule has 144 valence electrons. The lowest BCUT2D eigenvalue weighted by molar-refractivity contribution is 0.203. The summed E-state index contributed by atoms with van der Waals surface area (Å²) in [5, 5.41) is 0. The van der Waals surface area contributed by atoms with Gasteiger partial charge in [-0.05, 0) is 42.3 Å². The van der Waals surface area contributed by atoms with Crippen molar-refractivity contribution < 1.29 is 13.5 Å². The van der Waals surface area contributed by atoms with Gasteiger partial charge in [-0.2, -0.15) is 0 Å². The maximum atomic E-state index is 15.6. The zero-order valence-corrected chi connectivity index (χ0v) is 16.8. The fourth-order valence-corrected chi connectivity index (χ4v) is 6.02. The van der Waals surface area contributed by atoms with Gasteiger partial charge in [0.2, 0.25) is 5.91 Å². The second-order valence-corrected chi connectivity index (χ2v) is 9.57. The lowest BCUT2D eigenvalue weighted by Gasteiger charge is -2.24. The van der Waals surface area contributed by atoms with E-state index in [0.717, 1.165) is 16.7 Å². The summed E-state index contributed by atoms with van der Waals surface area (Å²) in [7, 11) is -2.01. The van der Waals surface area contributed by atoms with Gasteiger partial charge in [-0.25, -0.2) is 9.06 Å². The van der Waals surface area contributed by atoms with Gasteiger partial charge in [-0.3, -0.25) is 4.57 Å². The van der Waals surface area contributed by atoms with Crippen LogP contribution < -0.4 is 0 Å². The normalized spacial score (nSPS) is 26.2. The van der Waals surface area contributed by atoms with E-state index in [0.29, 0.717) is 5.56 Å². The molecule has 0 spiro atoms. The number of likely N-dealkylation sites (N-methyl/N-ethyl adjacent to an activating group) is 1. The molecule has 1 heterocycles. The number of alkyl halides is 1. The first-order valence-electron chi connectivity index (χ1n) is 9.36. The molecule has 0 saturated carbocycles. The summed E-state index contributed by atoms with van der Waals surface area (Å²) >= 11 is 0. The zero-order valence-electron chi connectivity index (χ0n) is 15.9. The van der Waals surface area contributed by atoms with Crippen molar-refractivity contribution in [2.24, 2.45) is 0 Å². The molecular formula is C23H23FNO2P. The Hall–Kier alpha value is -2.26. The van der Waals surface area contributed by atoms with Crippen molar-refractivity contribution in [3.05, 3.63) is 96.1 Å². The van der Waals surface area contributed by atoms with Crippen LogP contribution in [0.15, 0.2) is 84.9 Å². The van der Waals surface area contributed by atoms with Gasteiger partial charge >= 0.3 is 7.52 Å². The summed E-state index contributed by atoms with van der Waals surface area (Å²) in [4.78, 5) is 0. The highest BCUT2D eigenvalue weighted by Gasteiger charge is 2.52. The molecule has 0 N–H and O–H groups in total. The third kappa shape index (κ3) is 3.33. The van der Waals surface area contributed by atoms with Gasteiger partial charge in [-0.15, -0.1) is 0 Å². The predicted octanol–water partition coefficient (Wildman–Crippen LogP) is 6.61. The number of halogens is 1. The maximum absolute atomic E-state index is 15.6. The van der Waals surface area contributed by atoms with Gasteiger partial charge in [0.15, 0.2) is 0 Å². The van der Waals surface area contributed by atoms with Crippen LogP contribution in [0.1, 0.15) is 30.1 Å². The summed E-state index contributed by atoms with van der Waals surface area (Å²) in [5.41, 5.74) is 3.16. The molecular weight excluding hydrogens is 372 g/mol. The Morgan fingerprint density at radius 2 is 1.54 bits per heavy atom. The molecule has 3 nitrogen and oxygen atoms in total. The summed E-state index contributed by atoms with van der Waals surface area (Å²) in [6, 6.07) is 26.3. The van der Waals surface area contributed by atoms with E-state index < -0.39 is 19.5 Å². The van der Waals surface area contributed by atoms with Gasteiger partial charge in [0.1, 0.15) is 6.10 Å². The lowest BCUT2D eigenvalue weighted by Crippen LogP contribution is -2.24. The third-order valence-electron chi connectivity index (χ3n) is 5.42. The van der Waals surface area contributed by atoms with Gasteiger partial charge < -0.3 is 4.52 Å². The average molecular weight is 395 g/mol. The van der Waals surface area contributed by atoms with Crippen LogP contribution in [0.4, 0.5) is 4.39 Å². The van der Waals surface area contributed by atoms with Crippen molar-refractivity contribution >= 4 is 7.52 Å². The van der Waals surface area contributed by atoms with E-state index in [1.807, 2.05) is 73.7 Å². The quantitative estimate of drug-likeness (QED) is 0.466. The van der Waals surface area contributed by atoms with Crippen molar-refractivity contribution in [2.45, 2.75) is 25.0 Å². The molecule has 4 atom stereocenters. The fourth-order valence-electron chi connectivity index (χ4n) is 3.66. The van der Waals surface area contributed by atoms with E-state index in [9.17, 15) is 4.57 Å². The first-order valence-corrected chi connectivity index (χ1v) is 11.0. The van der Waals surface area contributed by atoms with E-state index in [2.05, 4.69) is 0 Å². The molecule has 3 aromatic rings. The highest BCUT2D eigenvalue weighted by Crippen LogP contribution is 2.70. The molecule has 4 rings (SSSR count). The van der Waals surface area contributed by atoms with Crippen molar-refractivity contribution in [3.63, 3.8) is 0 Å². The van der Waals surface area contributed by atoms with Crippen molar-refractivity contribution in [1.29, 1.82) is 0 Å². The molecule has 0 unspecified atom stereocenters. The number of benzene rings is 3. The highest BCUT2D eigenvalue weighted by molar-refractivity contribution is 7.56. The average Bonchev–Trinajstić information content (AvgIpc) is 3.00. The SMILES string of the molecule is C[C@H]1[C@@H](c2ccccc2)O[P@@](=O)([C@H](F)c2cccc(-c3ccccc3)c2)N1C. The number of rotatable bonds is 4. The smallest absolute Gasteiger partial charge is 0.305 e. The maximum Gasteiger partial charge on any atom is 0.311 e. The molecule has 1 saturated heterocycles. The lowest BCUT2D eigenvalue weighted by atomic mass is 10.0. The van der Waals surface area contributed by atoms with E-state index in [1.54, 1.807) is 29.9 Å². The summed E-state index contributed by atoms with van der Waals surface area (Å²) in [5.74, 6) is -1.71. The molecule has 0 bridgehead atoms. The Bertz CT molecular complexity index is 996. The van der Waals surface area contributed by atoms with Crippen LogP contribution in [0, 0.1) is 0 Å². The summed E-state index contributed by atoms with van der Waals surface area (Å²) in [6.07, 6.45) is -0.424. The van der Waals surface area contributed by atoms with Gasteiger partial charge in [0, 0.05) is 6.04 Å². The number of hydrogen-bond acceptors (Lipinski definition) is 2. The topological polar surface area (TPSA) is 29.5 Å². The molecule has 0 radical (unpaired) electrons. The summed E-state index contributed by atoms with van der Waals surface area (Å²) < 4.78 is 36.7. The Morgan fingerprint density at radius 1 is 0.929 bits per heavy atom. The van der Waals surface area contributed by atoms with E-state index >= 15 is 4.39 Å². The molecule has 5 heteroatoms. The van der Waals surface area contributed by atoms with E-state index in [4.69, 9.17) is 4.52 Å². The molecule has 0 amide bonds. The minimum atomic E-state index is -3.70. The van der Waals surface area contributed by atoms with Gasteiger partial charge in [0.05, 0.1) is 0 Å². The first-order chi connectivity index (χ1) is 13.5. The predicted molar refractivity (Wildman–Crippen MR) is 111 cm³/mol. The monoisotopic (exact) mass is 395 g/mol. The third-order valence-corrected chi connectivity index (χ3v) is 8.06. The van der Waals surface area contributed by atoms with Crippen LogP contribution in [0.3, 0.4) is 0 Å². The molecule has 0 aromatic heterocycles. The van der Waals surface area contributed by atoms with Crippen molar-refractivity contribution in [3.8, 4) is 11.1 Å². The highest BCUT2D eigenvalue weighted by atomic mass is 31.2. The molecule has 28 heavy (non-hydrogen) atoms. The minimum Gasteiger partial charge on any atom is -0.305 e. The van der Waals surface area contributed by atoms with Crippen LogP contribution in [-0.2, 0) is 9.09 Å². The number of nitrogens with zero attached hydrogens (tertiary/aromatic N) is 1. The largest absolute Gasteiger partial charge is 0.311 e. The second-order valence-electron chi connectivity index (χ2n) is 7.14. The Kier molecular flexibility index (Phi) is 5.20. The van der Waals surface area contributed by atoms with Crippen molar-refractivity contribution in [2.75, 3.05) is 7.05 Å². The Balaban J connectivity index is 1.66. The van der Waals surface area contributed by atoms with Crippen LogP contribution >= 0.6 is 7.52 Å². The van der Waals surface area contributed by atoms with Crippen molar-refractivity contribution in [1.82, 2.24) is 4.67 Å². The Labute approximate surface area is 165 Å². The minimum absolute atomic E-state index is 0.191. The number of hydrogen-bond donors (Lipinski definition) is 0. The second kappa shape index (κ2) is 7.63. The van der Waals surface area contributed by atoms with Crippen LogP contribution in [-0.4, -0.2) is 17.8 Å². The molecule has 0 aliphatic carbocycles. The molecule has 1 fully saturated rings. The van der Waals surface area contributed by atoms with Crippen LogP contribution in [0.2, 0.25) is 0 Å².